The van der Waals surface area contributed by atoms with Gasteiger partial charge in [0.25, 0.3) is 0 Å². The van der Waals surface area contributed by atoms with Crippen molar-refractivity contribution in [3.05, 3.63) is 0 Å². The molecule has 20 nitrogen and oxygen atoms in total. The molecule has 0 saturated carbocycles. The molecule has 0 radical (unpaired) electrons. The van der Waals surface area contributed by atoms with Gasteiger partial charge in [-0.3, -0.25) is 0 Å². The fraction of sp³-hybridized carbons (Fsp3) is 0.889. The van der Waals surface area contributed by atoms with Crippen LogP contribution in [0.15, 0.2) is 0 Å². The van der Waals surface area contributed by atoms with Crippen LogP contribution in [0.25, 0.3) is 0 Å². The van der Waals surface area contributed by atoms with Gasteiger partial charge < -0.3 is 101 Å². The van der Waals surface area contributed by atoms with Gasteiger partial charge in [0.05, 0.1) is 31.8 Å². The monoisotopic (exact) mass is 610 g/mol. The molecule has 1 aliphatic rings. The van der Waals surface area contributed by atoms with Gasteiger partial charge in [-0.2, -0.15) is 0 Å². The summed E-state index contributed by atoms with van der Waals surface area (Å²) in [7, 11) is 0. The number of ether oxygens (including phenoxy) is 2. The first-order chi connectivity index (χ1) is 17.1. The van der Waals surface area contributed by atoms with E-state index in [0.717, 1.165) is 0 Å². The van der Waals surface area contributed by atoms with E-state index < -0.39 is 111 Å². The molecule has 1 heterocycles. The number of aliphatic hydroxyl groups excluding tert-OH is 13. The number of aliphatic hydroxyl groups is 13. The average Bonchev–Trinajstić information content (AvgIpc) is 2.88. The van der Waals surface area contributed by atoms with E-state index in [0.29, 0.717) is 0 Å². The van der Waals surface area contributed by atoms with E-state index in [-0.39, 0.29) is 43.2 Å². The number of carboxylic acids is 2. The van der Waals surface area contributed by atoms with Crippen LogP contribution in [-0.4, -0.2) is 221 Å². The van der Waals surface area contributed by atoms with Crippen LogP contribution in [0.3, 0.4) is 0 Å². The van der Waals surface area contributed by atoms with E-state index >= 15 is 0 Å². The minimum Gasteiger partial charge on any atom is -0.547 e. The summed E-state index contributed by atoms with van der Waals surface area (Å²) >= 11 is 0. The van der Waals surface area contributed by atoms with Crippen LogP contribution in [-0.2, 0) is 19.1 Å². The predicted molar refractivity (Wildman–Crippen MR) is 114 cm³/mol. The average molecular weight is 611 g/mol. The van der Waals surface area contributed by atoms with E-state index in [1.54, 1.807) is 0 Å². The third-order valence-electron chi connectivity index (χ3n) is 5.10. The Morgan fingerprint density at radius 3 is 1.54 bits per heavy atom. The molecule has 39 heavy (non-hydrogen) atoms. The number of carboxylic acid groups (broad SMARTS) is 2. The van der Waals surface area contributed by atoms with E-state index in [2.05, 4.69) is 0 Å². The fourth-order valence-corrected chi connectivity index (χ4v) is 2.82. The van der Waals surface area contributed by atoms with E-state index in [4.69, 9.17) is 45.2 Å². The van der Waals surface area contributed by atoms with Gasteiger partial charge in [-0.1, -0.05) is 0 Å². The molecule has 228 valence electrons. The Morgan fingerprint density at radius 2 is 1.15 bits per heavy atom. The third-order valence-corrected chi connectivity index (χ3v) is 5.10. The second-order valence-electron chi connectivity index (χ2n) is 7.80. The van der Waals surface area contributed by atoms with Crippen LogP contribution < -0.4 is 10.2 Å². The summed E-state index contributed by atoms with van der Waals surface area (Å²) in [6.07, 6.45) is -25.3. The maximum absolute atomic E-state index is 10.6. The zero-order valence-electron chi connectivity index (χ0n) is 20.1. The molecule has 0 aromatic rings. The summed E-state index contributed by atoms with van der Waals surface area (Å²) in [5.74, 6) is -4.06. The van der Waals surface area contributed by atoms with Crippen LogP contribution in [0.2, 0.25) is 0 Å². The zero-order valence-corrected chi connectivity index (χ0v) is 22.3. The SMILES string of the molecule is O.O=C([O-])C(O)C(O)C(O)C(O)CO.O=C([O-])C(O)C(O)C(OC1OC(CO)C(O)C(O)C1O)C(O)CO.[Ca+2]. The molecule has 0 amide bonds. The molecule has 0 aromatic carbocycles. The number of hydrogen-bond donors (Lipinski definition) is 13. The first-order valence-corrected chi connectivity index (χ1v) is 10.4. The molecule has 1 rings (SSSR count). The predicted octanol–water partition coefficient (Wildman–Crippen LogP) is -13.0. The minimum atomic E-state index is -2.50. The third kappa shape index (κ3) is 12.5. The molecule has 0 bridgehead atoms. The molecule has 1 fully saturated rings. The van der Waals surface area contributed by atoms with E-state index in [9.17, 15) is 50.4 Å². The minimum absolute atomic E-state index is 0. The maximum Gasteiger partial charge on any atom is 2.00 e. The van der Waals surface area contributed by atoms with Crippen LogP contribution in [0, 0.1) is 0 Å². The number of rotatable bonds is 13. The van der Waals surface area contributed by atoms with Crippen molar-refractivity contribution in [1.82, 2.24) is 0 Å². The summed E-state index contributed by atoms with van der Waals surface area (Å²) in [5, 5.41) is 140. The second-order valence-corrected chi connectivity index (χ2v) is 7.80. The second kappa shape index (κ2) is 20.4. The summed E-state index contributed by atoms with van der Waals surface area (Å²) < 4.78 is 9.94. The first kappa shape index (κ1) is 43.0. The van der Waals surface area contributed by atoms with Gasteiger partial charge in [-0.15, -0.1) is 0 Å². The Hall–Kier alpha value is -0.440. The molecule has 0 aliphatic carbocycles. The van der Waals surface area contributed by atoms with Gasteiger partial charge in [0.2, 0.25) is 0 Å². The molecule has 13 unspecified atom stereocenters. The summed E-state index contributed by atoms with van der Waals surface area (Å²) in [5.41, 5.74) is 0. The van der Waals surface area contributed by atoms with E-state index in [1.165, 1.54) is 0 Å². The Balaban J connectivity index is -0.000000742. The van der Waals surface area contributed by atoms with Crippen LogP contribution in [0.4, 0.5) is 0 Å². The summed E-state index contributed by atoms with van der Waals surface area (Å²) in [6.45, 7) is -2.65. The van der Waals surface area contributed by atoms with Crippen molar-refractivity contribution in [2.24, 2.45) is 0 Å². The van der Waals surface area contributed by atoms with Crippen molar-refractivity contribution >= 4 is 49.7 Å². The molecular formula is C18H34CaO20. The largest absolute Gasteiger partial charge is 2.00 e. The Morgan fingerprint density at radius 1 is 0.718 bits per heavy atom. The van der Waals surface area contributed by atoms with Gasteiger partial charge in [-0.05, 0) is 0 Å². The Bertz CT molecular complexity index is 685. The topological polar surface area (TPSA) is 393 Å². The summed E-state index contributed by atoms with van der Waals surface area (Å²) in [6, 6.07) is 0. The van der Waals surface area contributed by atoms with Crippen molar-refractivity contribution in [3.63, 3.8) is 0 Å². The molecule has 0 aromatic heterocycles. The van der Waals surface area contributed by atoms with Gasteiger partial charge >= 0.3 is 37.7 Å². The normalized spacial score (nSPS) is 28.9. The molecule has 0 spiro atoms. The van der Waals surface area contributed by atoms with Gasteiger partial charge in [-0.25, -0.2) is 0 Å². The number of aliphatic carboxylic acids is 2. The van der Waals surface area contributed by atoms with Gasteiger partial charge in [0, 0.05) is 0 Å². The molecule has 13 atom stereocenters. The Kier molecular flexibility index (Phi) is 22.5. The number of hydrogen-bond acceptors (Lipinski definition) is 19. The maximum atomic E-state index is 10.6. The fourth-order valence-electron chi connectivity index (χ4n) is 2.82. The number of carbonyl (C=O) groups excluding carboxylic acids is 2. The molecule has 21 heteroatoms. The van der Waals surface area contributed by atoms with Crippen LogP contribution >= 0.6 is 0 Å². The van der Waals surface area contributed by atoms with Crippen molar-refractivity contribution in [2.75, 3.05) is 19.8 Å². The van der Waals surface area contributed by atoms with Crippen LogP contribution in [0.1, 0.15) is 0 Å². The molecule has 1 saturated heterocycles. The van der Waals surface area contributed by atoms with Crippen LogP contribution in [0.5, 0.6) is 0 Å². The van der Waals surface area contributed by atoms with Crippen molar-refractivity contribution < 1.29 is 101 Å². The van der Waals surface area contributed by atoms with Crippen molar-refractivity contribution in [1.29, 1.82) is 0 Å². The van der Waals surface area contributed by atoms with Gasteiger partial charge in [0.1, 0.15) is 73.2 Å². The first-order valence-electron chi connectivity index (χ1n) is 10.4. The smallest absolute Gasteiger partial charge is 0.547 e. The molecule has 15 N–H and O–H groups in total. The van der Waals surface area contributed by atoms with Crippen molar-refractivity contribution in [3.8, 4) is 0 Å². The summed E-state index contributed by atoms with van der Waals surface area (Å²) in [4.78, 5) is 20.6. The van der Waals surface area contributed by atoms with Crippen molar-refractivity contribution in [2.45, 2.75) is 79.5 Å². The quantitative estimate of drug-likeness (QED) is 0.0860. The zero-order chi connectivity index (χ0) is 29.2. The standard InChI is InChI=1S/C12H22O12.C6H12O7.Ca.H2O/c13-1-3(15)10(7(18)8(19)11(21)22)24-12-9(20)6(17)5(16)4(2-14)23-12;7-1-2(8)3(9)4(10)5(11)6(12)13;;/h3-10,12-20H,1-2H2,(H,21,22);2-5,7-11H,1H2,(H,12,13);;1H2/q;;+2;/p-2. The van der Waals surface area contributed by atoms with Gasteiger partial charge in [0.15, 0.2) is 6.29 Å². The molecule has 1 aliphatic heterocycles. The number of carbonyl (C=O) groups is 2. The molecular weight excluding hydrogens is 576 g/mol. The Labute approximate surface area is 249 Å². The van der Waals surface area contributed by atoms with E-state index in [1.807, 2.05) is 0 Å².